The van der Waals surface area contributed by atoms with Crippen molar-refractivity contribution in [2.75, 3.05) is 6.61 Å². The first-order valence-corrected chi connectivity index (χ1v) is 8.24. The van der Waals surface area contributed by atoms with Crippen molar-refractivity contribution >= 4 is 11.8 Å². The number of ketones is 1. The van der Waals surface area contributed by atoms with Crippen LogP contribution in [0.2, 0.25) is 0 Å². The summed E-state index contributed by atoms with van der Waals surface area (Å²) in [4.78, 5) is 24.3. The highest BCUT2D eigenvalue weighted by Gasteiger charge is 2.61. The van der Waals surface area contributed by atoms with Crippen LogP contribution in [0.3, 0.4) is 0 Å². The fraction of sp³-hybridized carbons (Fsp3) is 0.529. The minimum atomic E-state index is -3.18. The number of carboxylic acid groups (broad SMARTS) is 1. The standard InChI is InChI=1S/C17H23NO9/c18-12-14(23)11(9(20)6-8-4-2-1-3-5-8)17(26,16(24)25)27-15(12)13(22)10(21)7-19/h1-5,10-15,19,21-23,26H,6-7,18H2,(H,24,25)/t10-,11?,12-,13-,14+,15-,17?/m1/s1. The maximum Gasteiger partial charge on any atom is 0.365 e. The summed E-state index contributed by atoms with van der Waals surface area (Å²) in [6.07, 6.45) is -7.59. The van der Waals surface area contributed by atoms with Gasteiger partial charge in [0.2, 0.25) is 0 Å². The van der Waals surface area contributed by atoms with Crippen LogP contribution in [0.15, 0.2) is 30.3 Å². The van der Waals surface area contributed by atoms with Crippen molar-refractivity contribution < 1.29 is 45.0 Å². The predicted octanol–water partition coefficient (Wildman–Crippen LogP) is -3.01. The lowest BCUT2D eigenvalue weighted by atomic mass is 9.77. The zero-order valence-corrected chi connectivity index (χ0v) is 14.3. The second-order valence-electron chi connectivity index (χ2n) is 6.50. The Kier molecular flexibility index (Phi) is 6.65. The van der Waals surface area contributed by atoms with E-state index in [0.717, 1.165) is 0 Å². The van der Waals surface area contributed by atoms with Gasteiger partial charge in [-0.1, -0.05) is 30.3 Å². The Bertz CT molecular complexity index is 670. The molecule has 8 N–H and O–H groups in total. The Morgan fingerprint density at radius 2 is 1.81 bits per heavy atom. The highest BCUT2D eigenvalue weighted by atomic mass is 16.7. The number of aliphatic hydroxyl groups excluding tert-OH is 4. The van der Waals surface area contributed by atoms with E-state index in [1.165, 1.54) is 0 Å². The van der Waals surface area contributed by atoms with Gasteiger partial charge in [-0.15, -0.1) is 0 Å². The summed E-state index contributed by atoms with van der Waals surface area (Å²) < 4.78 is 5.00. The van der Waals surface area contributed by atoms with Gasteiger partial charge in [0.05, 0.1) is 18.8 Å². The summed E-state index contributed by atoms with van der Waals surface area (Å²) >= 11 is 0. The number of Topliss-reactive ketones (excluding diaryl/α,β-unsaturated/α-hetero) is 1. The molecular formula is C17H23NO9. The van der Waals surface area contributed by atoms with Crippen LogP contribution in [0, 0.1) is 5.92 Å². The van der Waals surface area contributed by atoms with Crippen LogP contribution in [0.25, 0.3) is 0 Å². The number of nitrogens with two attached hydrogens (primary N) is 1. The quantitative estimate of drug-likeness (QED) is 0.254. The fourth-order valence-electron chi connectivity index (χ4n) is 3.13. The molecule has 7 atom stereocenters. The van der Waals surface area contributed by atoms with Crippen LogP contribution in [-0.4, -0.2) is 85.2 Å². The van der Waals surface area contributed by atoms with E-state index in [0.29, 0.717) is 5.56 Å². The lowest BCUT2D eigenvalue weighted by molar-refractivity contribution is -0.311. The molecule has 0 saturated carbocycles. The molecule has 0 bridgehead atoms. The Labute approximate surface area is 154 Å². The second-order valence-corrected chi connectivity index (χ2v) is 6.50. The molecule has 0 aliphatic carbocycles. The Morgan fingerprint density at radius 1 is 1.22 bits per heavy atom. The van der Waals surface area contributed by atoms with Gasteiger partial charge in [0.1, 0.15) is 30.0 Å². The minimum Gasteiger partial charge on any atom is -0.477 e. The highest BCUT2D eigenvalue weighted by Crippen LogP contribution is 2.36. The smallest absolute Gasteiger partial charge is 0.365 e. The monoisotopic (exact) mass is 385 g/mol. The molecule has 1 aliphatic rings. The molecule has 10 nitrogen and oxygen atoms in total. The number of hydrogen-bond acceptors (Lipinski definition) is 9. The van der Waals surface area contributed by atoms with E-state index in [9.17, 15) is 35.1 Å². The van der Waals surface area contributed by atoms with E-state index >= 15 is 0 Å². The normalized spacial score (nSPS) is 33.3. The van der Waals surface area contributed by atoms with Crippen molar-refractivity contribution in [1.29, 1.82) is 0 Å². The summed E-state index contributed by atoms with van der Waals surface area (Å²) in [6.45, 7) is -0.897. The van der Waals surface area contributed by atoms with Gasteiger partial charge in [0.25, 0.3) is 5.79 Å². The molecule has 1 fully saturated rings. The van der Waals surface area contributed by atoms with Crippen LogP contribution in [0.1, 0.15) is 5.56 Å². The first kappa shape index (κ1) is 21.4. The van der Waals surface area contributed by atoms with Crippen molar-refractivity contribution in [2.24, 2.45) is 11.7 Å². The van der Waals surface area contributed by atoms with Gasteiger partial charge in [-0.05, 0) is 5.56 Å². The van der Waals surface area contributed by atoms with Crippen molar-refractivity contribution in [3.63, 3.8) is 0 Å². The Balaban J connectivity index is 2.34. The average Bonchev–Trinajstić information content (AvgIpc) is 2.64. The third-order valence-corrected chi connectivity index (χ3v) is 4.64. The number of carbonyl (C=O) groups is 2. The van der Waals surface area contributed by atoms with E-state index in [-0.39, 0.29) is 6.42 Å². The molecule has 1 heterocycles. The van der Waals surface area contributed by atoms with Crippen LogP contribution in [0.5, 0.6) is 0 Å². The molecule has 1 saturated heterocycles. The Hall–Kier alpha value is -1.92. The van der Waals surface area contributed by atoms with Crippen LogP contribution >= 0.6 is 0 Å². The van der Waals surface area contributed by atoms with Gasteiger partial charge in [-0.3, -0.25) is 4.79 Å². The molecule has 2 unspecified atom stereocenters. The highest BCUT2D eigenvalue weighted by molar-refractivity contribution is 5.91. The van der Waals surface area contributed by atoms with Gasteiger partial charge in [-0.2, -0.15) is 0 Å². The summed E-state index contributed by atoms with van der Waals surface area (Å²) in [7, 11) is 0. The first-order chi connectivity index (χ1) is 12.6. The zero-order chi connectivity index (χ0) is 20.4. The van der Waals surface area contributed by atoms with Crippen molar-refractivity contribution in [1.82, 2.24) is 0 Å². The van der Waals surface area contributed by atoms with E-state index < -0.39 is 60.5 Å². The fourth-order valence-corrected chi connectivity index (χ4v) is 3.13. The molecule has 0 aromatic heterocycles. The molecule has 0 spiro atoms. The number of ether oxygens (including phenoxy) is 1. The van der Waals surface area contributed by atoms with Crippen LogP contribution in [-0.2, 0) is 20.7 Å². The topological polar surface area (TPSA) is 191 Å². The van der Waals surface area contributed by atoms with Gasteiger partial charge in [0.15, 0.2) is 0 Å². The molecule has 1 aromatic rings. The number of benzene rings is 1. The van der Waals surface area contributed by atoms with Crippen molar-refractivity contribution in [3.8, 4) is 0 Å². The van der Waals surface area contributed by atoms with Crippen LogP contribution < -0.4 is 5.73 Å². The van der Waals surface area contributed by atoms with Crippen LogP contribution in [0.4, 0.5) is 0 Å². The lowest BCUT2D eigenvalue weighted by Crippen LogP contribution is -2.71. The van der Waals surface area contributed by atoms with Gasteiger partial charge >= 0.3 is 5.97 Å². The average molecular weight is 385 g/mol. The largest absolute Gasteiger partial charge is 0.477 e. The predicted molar refractivity (Wildman–Crippen MR) is 89.2 cm³/mol. The minimum absolute atomic E-state index is 0.291. The lowest BCUT2D eigenvalue weighted by Gasteiger charge is -2.47. The molecule has 10 heteroatoms. The van der Waals surface area contributed by atoms with E-state index in [1.807, 2.05) is 0 Å². The number of rotatable bonds is 7. The van der Waals surface area contributed by atoms with Gasteiger partial charge < -0.3 is 41.1 Å². The number of carbonyl (C=O) groups excluding carboxylic acids is 1. The number of aliphatic carboxylic acids is 1. The maximum absolute atomic E-state index is 12.6. The molecular weight excluding hydrogens is 362 g/mol. The van der Waals surface area contributed by atoms with Crippen molar-refractivity contribution in [2.45, 2.75) is 42.7 Å². The number of aliphatic hydroxyl groups is 5. The molecule has 0 amide bonds. The molecule has 1 aromatic carbocycles. The third kappa shape index (κ3) is 4.17. The molecule has 1 aliphatic heterocycles. The number of carboxylic acids is 1. The summed E-state index contributed by atoms with van der Waals surface area (Å²) in [5.74, 6) is -7.90. The first-order valence-electron chi connectivity index (χ1n) is 8.24. The van der Waals surface area contributed by atoms with Gasteiger partial charge in [0, 0.05) is 6.42 Å². The summed E-state index contributed by atoms with van der Waals surface area (Å²) in [5.41, 5.74) is 6.30. The Morgan fingerprint density at radius 3 is 2.33 bits per heavy atom. The van der Waals surface area contributed by atoms with Gasteiger partial charge in [-0.25, -0.2) is 4.79 Å². The maximum atomic E-state index is 12.6. The summed E-state index contributed by atoms with van der Waals surface area (Å²) in [6, 6.07) is 6.75. The van der Waals surface area contributed by atoms with Crippen molar-refractivity contribution in [3.05, 3.63) is 35.9 Å². The third-order valence-electron chi connectivity index (χ3n) is 4.64. The SMILES string of the molecule is N[C@H]1[C@H]([C@H](O)[C@H](O)CO)OC(O)(C(=O)O)C(C(=O)Cc2ccccc2)[C@@H]1O. The molecule has 2 rings (SSSR count). The molecule has 27 heavy (non-hydrogen) atoms. The summed E-state index contributed by atoms with van der Waals surface area (Å²) in [5, 5.41) is 58.8. The van der Waals surface area contributed by atoms with E-state index in [1.54, 1.807) is 30.3 Å². The van der Waals surface area contributed by atoms with E-state index in [4.69, 9.17) is 15.6 Å². The second kappa shape index (κ2) is 8.40. The molecule has 0 radical (unpaired) electrons. The number of hydrogen-bond donors (Lipinski definition) is 7. The zero-order valence-electron chi connectivity index (χ0n) is 14.3. The van der Waals surface area contributed by atoms with E-state index in [2.05, 4.69) is 0 Å². The molecule has 150 valence electrons.